The second-order valence-electron chi connectivity index (χ2n) is 4.06. The number of hydrogen-bond donors (Lipinski definition) is 0. The van der Waals surface area contributed by atoms with E-state index in [0.29, 0.717) is 5.92 Å². The topological polar surface area (TPSA) is 34.9 Å². The average molecular weight is 192 g/mol. The molecular weight excluding hydrogens is 176 g/mol. The summed E-state index contributed by atoms with van der Waals surface area (Å²) in [5.41, 5.74) is -0.113. The largest absolute Gasteiger partial charge is 0.347 e. The first kappa shape index (κ1) is 9.44. The SMILES string of the molecule is O=c1ncccn1CC1CCCCC1. The highest BCUT2D eigenvalue weighted by Crippen LogP contribution is 2.24. The lowest BCUT2D eigenvalue weighted by atomic mass is 9.89. The first-order chi connectivity index (χ1) is 6.86. The van der Waals surface area contributed by atoms with Crippen LogP contribution in [0.5, 0.6) is 0 Å². The van der Waals surface area contributed by atoms with E-state index in [1.165, 1.54) is 32.1 Å². The van der Waals surface area contributed by atoms with Crippen LogP contribution in [0.4, 0.5) is 0 Å². The van der Waals surface area contributed by atoms with Crippen LogP contribution in [0.2, 0.25) is 0 Å². The Morgan fingerprint density at radius 3 is 2.86 bits per heavy atom. The molecule has 0 atom stereocenters. The highest BCUT2D eigenvalue weighted by atomic mass is 16.1. The molecule has 1 saturated carbocycles. The Balaban J connectivity index is 2.03. The van der Waals surface area contributed by atoms with Crippen molar-refractivity contribution in [3.8, 4) is 0 Å². The number of hydrogen-bond acceptors (Lipinski definition) is 2. The lowest BCUT2D eigenvalue weighted by Gasteiger charge is -2.21. The zero-order valence-corrected chi connectivity index (χ0v) is 8.35. The highest BCUT2D eigenvalue weighted by molar-refractivity contribution is 4.82. The van der Waals surface area contributed by atoms with Gasteiger partial charge in [-0.15, -0.1) is 0 Å². The van der Waals surface area contributed by atoms with Crippen LogP contribution in [0.25, 0.3) is 0 Å². The normalized spacial score (nSPS) is 18.3. The van der Waals surface area contributed by atoms with Crippen molar-refractivity contribution in [2.45, 2.75) is 38.6 Å². The fraction of sp³-hybridized carbons (Fsp3) is 0.636. The van der Waals surface area contributed by atoms with E-state index in [2.05, 4.69) is 4.98 Å². The molecule has 3 heteroatoms. The minimum absolute atomic E-state index is 0.113. The fourth-order valence-corrected chi connectivity index (χ4v) is 2.17. The van der Waals surface area contributed by atoms with Gasteiger partial charge in [0, 0.05) is 18.9 Å². The third-order valence-electron chi connectivity index (χ3n) is 2.96. The lowest BCUT2D eigenvalue weighted by Crippen LogP contribution is -2.26. The molecular formula is C11H16N2O. The van der Waals surface area contributed by atoms with Gasteiger partial charge in [-0.25, -0.2) is 9.78 Å². The molecule has 1 aromatic rings. The summed E-state index contributed by atoms with van der Waals surface area (Å²) in [6.07, 6.45) is 9.92. The summed E-state index contributed by atoms with van der Waals surface area (Å²) >= 11 is 0. The van der Waals surface area contributed by atoms with Gasteiger partial charge in [0.15, 0.2) is 0 Å². The van der Waals surface area contributed by atoms with Gasteiger partial charge in [0.2, 0.25) is 0 Å². The molecule has 3 nitrogen and oxygen atoms in total. The van der Waals surface area contributed by atoms with Crippen LogP contribution in [0.3, 0.4) is 0 Å². The molecule has 1 aliphatic carbocycles. The number of rotatable bonds is 2. The Morgan fingerprint density at radius 1 is 1.36 bits per heavy atom. The van der Waals surface area contributed by atoms with E-state index in [9.17, 15) is 4.79 Å². The van der Waals surface area contributed by atoms with Crippen LogP contribution < -0.4 is 5.69 Å². The molecule has 0 unspecified atom stereocenters. The van der Waals surface area contributed by atoms with Crippen LogP contribution in [-0.4, -0.2) is 9.55 Å². The van der Waals surface area contributed by atoms with Gasteiger partial charge in [0.05, 0.1) is 0 Å². The summed E-state index contributed by atoms with van der Waals surface area (Å²) < 4.78 is 1.73. The maximum absolute atomic E-state index is 11.3. The van der Waals surface area contributed by atoms with Crippen molar-refractivity contribution in [1.29, 1.82) is 0 Å². The quantitative estimate of drug-likeness (QED) is 0.716. The molecule has 1 fully saturated rings. The van der Waals surface area contributed by atoms with Crippen LogP contribution in [0.15, 0.2) is 23.3 Å². The molecule has 76 valence electrons. The summed E-state index contributed by atoms with van der Waals surface area (Å²) in [4.78, 5) is 15.1. The van der Waals surface area contributed by atoms with Crippen LogP contribution >= 0.6 is 0 Å². The first-order valence-electron chi connectivity index (χ1n) is 5.38. The van der Waals surface area contributed by atoms with E-state index in [1.54, 1.807) is 10.8 Å². The Bertz CT molecular complexity index is 339. The maximum Gasteiger partial charge on any atom is 0.347 e. The summed E-state index contributed by atoms with van der Waals surface area (Å²) in [5.74, 6) is 0.686. The van der Waals surface area contributed by atoms with Crippen molar-refractivity contribution in [3.63, 3.8) is 0 Å². The Kier molecular flexibility index (Phi) is 2.96. The smallest absolute Gasteiger partial charge is 0.299 e. The second kappa shape index (κ2) is 4.40. The predicted octanol–water partition coefficient (Wildman–Crippen LogP) is 1.82. The molecule has 0 bridgehead atoms. The molecule has 0 amide bonds. The third kappa shape index (κ3) is 2.22. The summed E-state index contributed by atoms with van der Waals surface area (Å²) in [5, 5.41) is 0. The van der Waals surface area contributed by atoms with E-state index in [0.717, 1.165) is 6.54 Å². The van der Waals surface area contributed by atoms with Crippen molar-refractivity contribution in [1.82, 2.24) is 9.55 Å². The zero-order valence-electron chi connectivity index (χ0n) is 8.35. The minimum Gasteiger partial charge on any atom is -0.299 e. The van der Waals surface area contributed by atoms with E-state index < -0.39 is 0 Å². The Morgan fingerprint density at radius 2 is 2.14 bits per heavy atom. The number of aromatic nitrogens is 2. The summed E-state index contributed by atoms with van der Waals surface area (Å²) in [6, 6.07) is 1.82. The fourth-order valence-electron chi connectivity index (χ4n) is 2.17. The molecule has 0 radical (unpaired) electrons. The van der Waals surface area contributed by atoms with Gasteiger partial charge in [-0.05, 0) is 24.8 Å². The Hall–Kier alpha value is -1.12. The molecule has 0 aliphatic heterocycles. The van der Waals surface area contributed by atoms with Gasteiger partial charge in [-0.2, -0.15) is 0 Å². The standard InChI is InChI=1S/C11H16N2O/c14-11-12-7-4-8-13(11)9-10-5-2-1-3-6-10/h4,7-8,10H,1-3,5-6,9H2. The monoisotopic (exact) mass is 192 g/mol. The van der Waals surface area contributed by atoms with E-state index in [-0.39, 0.29) is 5.69 Å². The minimum atomic E-state index is -0.113. The van der Waals surface area contributed by atoms with Crippen molar-refractivity contribution < 1.29 is 0 Å². The van der Waals surface area contributed by atoms with Gasteiger partial charge < -0.3 is 0 Å². The van der Waals surface area contributed by atoms with E-state index in [1.807, 2.05) is 12.3 Å². The van der Waals surface area contributed by atoms with Gasteiger partial charge in [0.1, 0.15) is 0 Å². The molecule has 2 rings (SSSR count). The van der Waals surface area contributed by atoms with Crippen molar-refractivity contribution in [2.75, 3.05) is 0 Å². The molecule has 0 N–H and O–H groups in total. The molecule has 1 aromatic heterocycles. The second-order valence-corrected chi connectivity index (χ2v) is 4.06. The molecule has 14 heavy (non-hydrogen) atoms. The third-order valence-corrected chi connectivity index (χ3v) is 2.96. The van der Waals surface area contributed by atoms with Gasteiger partial charge in [0.25, 0.3) is 0 Å². The summed E-state index contributed by atoms with van der Waals surface area (Å²) in [7, 11) is 0. The predicted molar refractivity (Wildman–Crippen MR) is 55.1 cm³/mol. The van der Waals surface area contributed by atoms with Crippen molar-refractivity contribution >= 4 is 0 Å². The first-order valence-corrected chi connectivity index (χ1v) is 5.38. The summed E-state index contributed by atoms with van der Waals surface area (Å²) in [6.45, 7) is 0.854. The van der Waals surface area contributed by atoms with Crippen molar-refractivity contribution in [2.24, 2.45) is 5.92 Å². The average Bonchev–Trinajstić information content (AvgIpc) is 2.23. The van der Waals surface area contributed by atoms with Crippen LogP contribution in [0.1, 0.15) is 32.1 Å². The molecule has 0 spiro atoms. The van der Waals surface area contributed by atoms with Gasteiger partial charge in [-0.3, -0.25) is 4.57 Å². The maximum atomic E-state index is 11.3. The number of nitrogens with zero attached hydrogens (tertiary/aromatic N) is 2. The molecule has 0 saturated heterocycles. The van der Waals surface area contributed by atoms with Gasteiger partial charge in [-0.1, -0.05) is 19.3 Å². The van der Waals surface area contributed by atoms with Gasteiger partial charge >= 0.3 is 5.69 Å². The van der Waals surface area contributed by atoms with Crippen LogP contribution in [-0.2, 0) is 6.54 Å². The Labute approximate surface area is 83.8 Å². The lowest BCUT2D eigenvalue weighted by molar-refractivity contribution is 0.314. The zero-order chi connectivity index (χ0) is 9.80. The molecule has 1 heterocycles. The highest BCUT2D eigenvalue weighted by Gasteiger charge is 2.13. The van der Waals surface area contributed by atoms with E-state index >= 15 is 0 Å². The van der Waals surface area contributed by atoms with Crippen LogP contribution in [0, 0.1) is 5.92 Å². The van der Waals surface area contributed by atoms with Crippen molar-refractivity contribution in [3.05, 3.63) is 28.9 Å². The molecule has 0 aromatic carbocycles. The molecule has 1 aliphatic rings. The van der Waals surface area contributed by atoms with E-state index in [4.69, 9.17) is 0 Å².